The molecule has 1 amide bonds. The average Bonchev–Trinajstić information content (AvgIpc) is 2.41. The van der Waals surface area contributed by atoms with E-state index in [-0.39, 0.29) is 20.9 Å². The molecule has 1 aromatic carbocycles. The second-order valence-electron chi connectivity index (χ2n) is 7.92. The fraction of sp³-hybridized carbons (Fsp3) is 0.611. The van der Waals surface area contributed by atoms with Crippen LogP contribution in [-0.4, -0.2) is 22.6 Å². The first-order valence-corrected chi connectivity index (χ1v) is 8.40. The number of nitrogens with zero attached hydrogens (tertiary/aromatic N) is 1. The van der Waals surface area contributed by atoms with Gasteiger partial charge in [-0.2, -0.15) is 0 Å². The van der Waals surface area contributed by atoms with E-state index in [1.165, 1.54) is 11.1 Å². The smallest absolute Gasteiger partial charge is 0.233 e. The number of rotatable bonds is 0. The lowest BCUT2D eigenvalue weighted by molar-refractivity contribution is -0.146. The summed E-state index contributed by atoms with van der Waals surface area (Å²) in [5, 5.41) is 0. The fourth-order valence-corrected chi connectivity index (χ4v) is 6.05. The van der Waals surface area contributed by atoms with Gasteiger partial charge in [-0.1, -0.05) is 38.1 Å². The molecule has 0 bridgehead atoms. The van der Waals surface area contributed by atoms with Crippen molar-refractivity contribution in [1.29, 1.82) is 0 Å². The first kappa shape index (κ1) is 15.0. The van der Waals surface area contributed by atoms with Gasteiger partial charge in [0.15, 0.2) is 0 Å². The molecular weight excluding hydrogens is 278 g/mol. The van der Waals surface area contributed by atoms with Gasteiger partial charge in [0.1, 0.15) is 4.87 Å². The summed E-state index contributed by atoms with van der Waals surface area (Å²) in [6.07, 6.45) is 0. The molecule has 114 valence electrons. The minimum atomic E-state index is -0.451. The Hall–Kier alpha value is -0.960. The topological polar surface area (TPSA) is 20.3 Å². The molecule has 2 nitrogen and oxygen atoms in total. The van der Waals surface area contributed by atoms with Crippen molar-refractivity contribution in [2.24, 2.45) is 5.41 Å². The maximum atomic E-state index is 13.0. The predicted molar refractivity (Wildman–Crippen MR) is 89.4 cm³/mol. The molecule has 1 spiro atoms. The zero-order chi connectivity index (χ0) is 15.8. The van der Waals surface area contributed by atoms with Crippen LogP contribution in [0.15, 0.2) is 24.3 Å². The van der Waals surface area contributed by atoms with E-state index in [0.717, 1.165) is 0 Å². The van der Waals surface area contributed by atoms with E-state index in [2.05, 4.69) is 45.9 Å². The van der Waals surface area contributed by atoms with Crippen molar-refractivity contribution in [3.63, 3.8) is 0 Å². The van der Waals surface area contributed by atoms with Crippen molar-refractivity contribution in [2.75, 3.05) is 7.05 Å². The SMILES string of the molecule is CN1C(=O)C(C)(C)c2ccccc2C12SC(C)(C)C2(C)C. The normalized spacial score (nSPS) is 31.8. The lowest BCUT2D eigenvalue weighted by Crippen LogP contribution is -2.73. The van der Waals surface area contributed by atoms with Crippen LogP contribution in [0, 0.1) is 5.41 Å². The number of benzene rings is 1. The van der Waals surface area contributed by atoms with Crippen LogP contribution in [-0.2, 0) is 15.1 Å². The number of amides is 1. The Morgan fingerprint density at radius 2 is 1.48 bits per heavy atom. The van der Waals surface area contributed by atoms with Gasteiger partial charge >= 0.3 is 0 Å². The summed E-state index contributed by atoms with van der Waals surface area (Å²) in [5.74, 6) is 0.220. The van der Waals surface area contributed by atoms with Gasteiger partial charge in [0.2, 0.25) is 5.91 Å². The first-order chi connectivity index (χ1) is 9.50. The van der Waals surface area contributed by atoms with E-state index in [1.807, 2.05) is 43.6 Å². The standard InChI is InChI=1S/C18H25NOS/c1-15(2)12-10-8-9-11-13(12)18(19(7)14(15)20)16(3,4)17(5,6)21-18/h8-11H,1-7H3. The molecule has 1 unspecified atom stereocenters. The fourth-order valence-electron chi connectivity index (χ4n) is 4.05. The number of fused-ring (bicyclic) bond motifs is 2. The van der Waals surface area contributed by atoms with Gasteiger partial charge in [-0.15, -0.1) is 11.8 Å². The quantitative estimate of drug-likeness (QED) is 0.718. The molecule has 1 aromatic rings. The minimum absolute atomic E-state index is 0.0156. The number of hydrogen-bond acceptors (Lipinski definition) is 2. The van der Waals surface area contributed by atoms with E-state index in [1.54, 1.807) is 0 Å². The summed E-state index contributed by atoms with van der Waals surface area (Å²) >= 11 is 1.92. The third-order valence-electron chi connectivity index (χ3n) is 6.03. The summed E-state index contributed by atoms with van der Waals surface area (Å²) in [6, 6.07) is 8.49. The molecule has 1 saturated heterocycles. The second kappa shape index (κ2) is 3.87. The highest BCUT2D eigenvalue weighted by molar-refractivity contribution is 8.03. The summed E-state index contributed by atoms with van der Waals surface area (Å²) in [5.41, 5.74) is 2.06. The number of carbonyl (C=O) groups excluding carboxylic acids is 1. The zero-order valence-corrected chi connectivity index (χ0v) is 14.9. The molecule has 0 radical (unpaired) electrons. The van der Waals surface area contributed by atoms with Crippen LogP contribution < -0.4 is 0 Å². The van der Waals surface area contributed by atoms with Crippen LogP contribution in [0.1, 0.15) is 52.7 Å². The molecule has 21 heavy (non-hydrogen) atoms. The number of hydrogen-bond donors (Lipinski definition) is 0. The van der Waals surface area contributed by atoms with Crippen LogP contribution in [0.25, 0.3) is 0 Å². The minimum Gasteiger partial charge on any atom is -0.326 e. The van der Waals surface area contributed by atoms with Crippen molar-refractivity contribution in [1.82, 2.24) is 4.90 Å². The second-order valence-corrected chi connectivity index (χ2v) is 9.73. The van der Waals surface area contributed by atoms with Crippen LogP contribution >= 0.6 is 11.8 Å². The molecule has 2 heterocycles. The molecule has 1 atom stereocenters. The molecule has 3 heteroatoms. The van der Waals surface area contributed by atoms with Gasteiger partial charge < -0.3 is 4.90 Å². The molecular formula is C18H25NOS. The maximum Gasteiger partial charge on any atom is 0.233 e. The van der Waals surface area contributed by atoms with Crippen molar-refractivity contribution in [3.8, 4) is 0 Å². The Balaban J connectivity index is 2.31. The molecule has 0 saturated carbocycles. The monoisotopic (exact) mass is 303 g/mol. The predicted octanol–water partition coefficient (Wildman–Crippen LogP) is 4.14. The van der Waals surface area contributed by atoms with Crippen molar-refractivity contribution >= 4 is 17.7 Å². The van der Waals surface area contributed by atoms with E-state index < -0.39 is 5.41 Å². The van der Waals surface area contributed by atoms with Crippen LogP contribution in [0.2, 0.25) is 0 Å². The van der Waals surface area contributed by atoms with Crippen molar-refractivity contribution in [3.05, 3.63) is 35.4 Å². The average molecular weight is 303 g/mol. The molecule has 2 aliphatic heterocycles. The van der Waals surface area contributed by atoms with Crippen LogP contribution in [0.4, 0.5) is 0 Å². The molecule has 0 aliphatic carbocycles. The first-order valence-electron chi connectivity index (χ1n) is 7.58. The van der Waals surface area contributed by atoms with Gasteiger partial charge in [0.05, 0.1) is 5.41 Å². The number of carbonyl (C=O) groups is 1. The summed E-state index contributed by atoms with van der Waals surface area (Å²) in [4.78, 5) is 14.8. The molecule has 3 rings (SSSR count). The Bertz CT molecular complexity index is 632. The highest BCUT2D eigenvalue weighted by Gasteiger charge is 2.72. The summed E-state index contributed by atoms with van der Waals surface area (Å²) in [6.45, 7) is 13.2. The number of likely N-dealkylation sites (N-methyl/N-ethyl adjacent to an activating group) is 1. The van der Waals surface area contributed by atoms with E-state index in [0.29, 0.717) is 0 Å². The largest absolute Gasteiger partial charge is 0.326 e. The van der Waals surface area contributed by atoms with Gasteiger partial charge in [0, 0.05) is 17.2 Å². The third kappa shape index (κ3) is 1.44. The Morgan fingerprint density at radius 3 is 1.95 bits per heavy atom. The van der Waals surface area contributed by atoms with Gasteiger partial charge in [-0.3, -0.25) is 4.79 Å². The molecule has 0 aromatic heterocycles. The van der Waals surface area contributed by atoms with E-state index in [9.17, 15) is 4.79 Å². The van der Waals surface area contributed by atoms with Crippen molar-refractivity contribution in [2.45, 2.75) is 56.6 Å². The molecule has 2 aliphatic rings. The van der Waals surface area contributed by atoms with Gasteiger partial charge in [-0.25, -0.2) is 0 Å². The Morgan fingerprint density at radius 1 is 0.952 bits per heavy atom. The summed E-state index contributed by atoms with van der Waals surface area (Å²) < 4.78 is 0.149. The van der Waals surface area contributed by atoms with Gasteiger partial charge in [-0.05, 0) is 38.8 Å². The van der Waals surface area contributed by atoms with Gasteiger partial charge in [0.25, 0.3) is 0 Å². The lowest BCUT2D eigenvalue weighted by atomic mass is 9.63. The lowest BCUT2D eigenvalue weighted by Gasteiger charge is -2.71. The van der Waals surface area contributed by atoms with Crippen molar-refractivity contribution < 1.29 is 4.79 Å². The Labute approximate surface area is 132 Å². The van der Waals surface area contributed by atoms with E-state index >= 15 is 0 Å². The third-order valence-corrected chi connectivity index (χ3v) is 8.35. The molecule has 0 N–H and O–H groups in total. The Kier molecular flexibility index (Phi) is 2.75. The highest BCUT2D eigenvalue weighted by atomic mass is 32.2. The number of thioether (sulfide) groups is 1. The highest BCUT2D eigenvalue weighted by Crippen LogP contribution is 2.74. The van der Waals surface area contributed by atoms with Crippen LogP contribution in [0.5, 0.6) is 0 Å². The summed E-state index contributed by atoms with van der Waals surface area (Å²) in [7, 11) is 1.98. The van der Waals surface area contributed by atoms with E-state index in [4.69, 9.17) is 0 Å². The van der Waals surface area contributed by atoms with Crippen LogP contribution in [0.3, 0.4) is 0 Å². The maximum absolute atomic E-state index is 13.0. The molecule has 1 fully saturated rings. The zero-order valence-electron chi connectivity index (χ0n) is 14.1.